The Balaban J connectivity index is 2.24. The second-order valence-electron chi connectivity index (χ2n) is 4.15. The van der Waals surface area contributed by atoms with Crippen LogP contribution >= 0.6 is 0 Å². The number of aromatic amines is 1. The van der Waals surface area contributed by atoms with Crippen molar-refractivity contribution in [2.45, 2.75) is 6.54 Å². The third-order valence-corrected chi connectivity index (χ3v) is 3.02. The molecule has 0 saturated heterocycles. The number of nitrogens with one attached hydrogen (secondary N) is 1. The molecule has 1 aromatic heterocycles. The molecule has 0 bridgehead atoms. The van der Waals surface area contributed by atoms with Crippen LogP contribution in [0.2, 0.25) is 0 Å². The summed E-state index contributed by atoms with van der Waals surface area (Å²) >= 11 is 0. The molecule has 0 unspecified atom stereocenters. The summed E-state index contributed by atoms with van der Waals surface area (Å²) in [5.74, 6) is 0. The van der Waals surface area contributed by atoms with Crippen LogP contribution in [-0.4, -0.2) is 9.55 Å². The van der Waals surface area contributed by atoms with Crippen molar-refractivity contribution in [2.75, 3.05) is 0 Å². The van der Waals surface area contributed by atoms with Crippen LogP contribution in [0.3, 0.4) is 0 Å². The average molecular weight is 239 g/mol. The molecule has 18 heavy (non-hydrogen) atoms. The number of para-hydroxylation sites is 2. The molecule has 90 valence electrons. The summed E-state index contributed by atoms with van der Waals surface area (Å²) in [5.41, 5.74) is 9.04. The zero-order chi connectivity index (χ0) is 12.5. The van der Waals surface area contributed by atoms with Gasteiger partial charge in [0.05, 0.1) is 16.7 Å². The largest absolute Gasteiger partial charge is 0.331 e. The van der Waals surface area contributed by atoms with Gasteiger partial charge in [-0.2, -0.15) is 0 Å². The Bertz CT molecular complexity index is 738. The molecular formula is C14H13N3O. The highest BCUT2D eigenvalue weighted by Crippen LogP contribution is 2.15. The van der Waals surface area contributed by atoms with E-state index in [9.17, 15) is 4.79 Å². The molecule has 0 atom stereocenters. The maximum atomic E-state index is 12.0. The number of nitrogens with zero attached hydrogens (tertiary/aromatic N) is 1. The highest BCUT2D eigenvalue weighted by atomic mass is 16.1. The molecule has 1 heterocycles. The fourth-order valence-electron chi connectivity index (χ4n) is 2.09. The van der Waals surface area contributed by atoms with E-state index in [-0.39, 0.29) is 5.69 Å². The Kier molecular flexibility index (Phi) is 2.50. The van der Waals surface area contributed by atoms with E-state index in [1.54, 1.807) is 4.57 Å². The number of rotatable bonds is 2. The lowest BCUT2D eigenvalue weighted by Gasteiger charge is -2.04. The van der Waals surface area contributed by atoms with Crippen molar-refractivity contribution in [1.82, 2.24) is 9.55 Å². The van der Waals surface area contributed by atoms with Gasteiger partial charge >= 0.3 is 5.69 Å². The Morgan fingerprint density at radius 2 is 1.78 bits per heavy atom. The maximum Gasteiger partial charge on any atom is 0.331 e. The van der Waals surface area contributed by atoms with E-state index in [0.717, 1.165) is 22.3 Å². The molecule has 0 spiro atoms. The summed E-state index contributed by atoms with van der Waals surface area (Å²) in [6.07, 6.45) is 0. The molecule has 3 N–H and O–H groups in total. The van der Waals surface area contributed by atoms with E-state index in [0.29, 0.717) is 6.54 Å². The number of benzene rings is 2. The highest BCUT2D eigenvalue weighted by Gasteiger charge is 2.07. The van der Waals surface area contributed by atoms with Crippen molar-refractivity contribution < 1.29 is 0 Å². The van der Waals surface area contributed by atoms with E-state index in [4.69, 9.17) is 5.73 Å². The summed E-state index contributed by atoms with van der Waals surface area (Å²) < 4.78 is 1.66. The number of H-pyrrole nitrogens is 1. The number of fused-ring (bicyclic) bond motifs is 1. The quantitative estimate of drug-likeness (QED) is 0.716. The number of hydrogen-bond acceptors (Lipinski definition) is 2. The molecule has 0 aliphatic heterocycles. The first-order chi connectivity index (χ1) is 8.79. The van der Waals surface area contributed by atoms with Crippen molar-refractivity contribution in [3.63, 3.8) is 0 Å². The lowest BCUT2D eigenvalue weighted by molar-refractivity contribution is 1.01. The van der Waals surface area contributed by atoms with Gasteiger partial charge in [0, 0.05) is 6.54 Å². The van der Waals surface area contributed by atoms with Gasteiger partial charge in [0.15, 0.2) is 0 Å². The van der Waals surface area contributed by atoms with Gasteiger partial charge in [-0.1, -0.05) is 24.3 Å². The first-order valence-electron chi connectivity index (χ1n) is 5.79. The van der Waals surface area contributed by atoms with E-state index in [1.807, 2.05) is 48.5 Å². The molecular weight excluding hydrogens is 226 g/mol. The summed E-state index contributed by atoms with van der Waals surface area (Å²) in [6.45, 7) is 0.503. The molecule has 3 rings (SSSR count). The standard InChI is InChI=1S/C14H13N3O/c15-9-10-5-7-11(8-6-10)17-13-4-2-1-3-12(13)16-14(17)18/h1-8H,9,15H2,(H,16,18). The highest BCUT2D eigenvalue weighted by molar-refractivity contribution is 5.77. The van der Waals surface area contributed by atoms with Gasteiger partial charge in [-0.15, -0.1) is 0 Å². The van der Waals surface area contributed by atoms with Gasteiger partial charge in [-0.25, -0.2) is 4.79 Å². The first kappa shape index (κ1) is 10.8. The van der Waals surface area contributed by atoms with Crippen LogP contribution in [0.1, 0.15) is 5.56 Å². The van der Waals surface area contributed by atoms with Gasteiger partial charge < -0.3 is 10.7 Å². The van der Waals surface area contributed by atoms with E-state index < -0.39 is 0 Å². The Hall–Kier alpha value is -2.33. The predicted octanol–water partition coefficient (Wildman–Crippen LogP) is 1.78. The van der Waals surface area contributed by atoms with E-state index in [1.165, 1.54) is 0 Å². The summed E-state index contributed by atoms with van der Waals surface area (Å²) in [6, 6.07) is 15.3. The summed E-state index contributed by atoms with van der Waals surface area (Å²) in [7, 11) is 0. The van der Waals surface area contributed by atoms with E-state index >= 15 is 0 Å². The zero-order valence-corrected chi connectivity index (χ0v) is 9.76. The molecule has 3 aromatic rings. The van der Waals surface area contributed by atoms with Crippen LogP contribution in [0, 0.1) is 0 Å². The van der Waals surface area contributed by atoms with Gasteiger partial charge in [0.2, 0.25) is 0 Å². The number of hydrogen-bond donors (Lipinski definition) is 2. The molecule has 0 amide bonds. The summed E-state index contributed by atoms with van der Waals surface area (Å²) in [5, 5.41) is 0. The smallest absolute Gasteiger partial charge is 0.326 e. The zero-order valence-electron chi connectivity index (χ0n) is 9.76. The fraction of sp³-hybridized carbons (Fsp3) is 0.0714. The van der Waals surface area contributed by atoms with Gasteiger partial charge in [-0.05, 0) is 29.8 Å². The van der Waals surface area contributed by atoms with Crippen LogP contribution in [-0.2, 0) is 6.54 Å². The second-order valence-corrected chi connectivity index (χ2v) is 4.15. The Morgan fingerprint density at radius 3 is 2.50 bits per heavy atom. The molecule has 2 aromatic carbocycles. The Labute approximate surface area is 104 Å². The normalized spacial score (nSPS) is 10.9. The van der Waals surface area contributed by atoms with Gasteiger partial charge in [-0.3, -0.25) is 4.57 Å². The first-order valence-corrected chi connectivity index (χ1v) is 5.79. The molecule has 0 saturated carbocycles. The molecule has 4 nitrogen and oxygen atoms in total. The van der Waals surface area contributed by atoms with Crippen molar-refractivity contribution in [3.05, 3.63) is 64.6 Å². The second kappa shape index (κ2) is 4.16. The van der Waals surface area contributed by atoms with Crippen LogP contribution in [0.15, 0.2) is 53.3 Å². The van der Waals surface area contributed by atoms with Gasteiger partial charge in [0.25, 0.3) is 0 Å². The van der Waals surface area contributed by atoms with E-state index in [2.05, 4.69) is 4.98 Å². The fourth-order valence-corrected chi connectivity index (χ4v) is 2.09. The van der Waals surface area contributed by atoms with Gasteiger partial charge in [0.1, 0.15) is 0 Å². The minimum absolute atomic E-state index is 0.128. The Morgan fingerprint density at radius 1 is 1.06 bits per heavy atom. The lowest BCUT2D eigenvalue weighted by atomic mass is 10.2. The minimum Gasteiger partial charge on any atom is -0.326 e. The topological polar surface area (TPSA) is 63.8 Å². The van der Waals surface area contributed by atoms with Crippen LogP contribution < -0.4 is 11.4 Å². The number of imidazole rings is 1. The maximum absolute atomic E-state index is 12.0. The molecule has 0 radical (unpaired) electrons. The van der Waals surface area contributed by atoms with Crippen molar-refractivity contribution in [2.24, 2.45) is 5.73 Å². The predicted molar refractivity (Wildman–Crippen MR) is 71.8 cm³/mol. The average Bonchev–Trinajstić information content (AvgIpc) is 2.75. The van der Waals surface area contributed by atoms with Crippen LogP contribution in [0.25, 0.3) is 16.7 Å². The monoisotopic (exact) mass is 239 g/mol. The van der Waals surface area contributed by atoms with Crippen molar-refractivity contribution in [3.8, 4) is 5.69 Å². The molecule has 0 aliphatic carbocycles. The number of aromatic nitrogens is 2. The number of nitrogens with two attached hydrogens (primary N) is 1. The molecule has 4 heteroatoms. The lowest BCUT2D eigenvalue weighted by Crippen LogP contribution is -2.14. The molecule has 0 aliphatic rings. The van der Waals surface area contributed by atoms with Crippen molar-refractivity contribution in [1.29, 1.82) is 0 Å². The SMILES string of the molecule is NCc1ccc(-n2c(=O)[nH]c3ccccc32)cc1. The van der Waals surface area contributed by atoms with Crippen LogP contribution in [0.5, 0.6) is 0 Å². The van der Waals surface area contributed by atoms with Crippen LogP contribution in [0.4, 0.5) is 0 Å². The van der Waals surface area contributed by atoms with Crippen molar-refractivity contribution >= 4 is 11.0 Å². The third kappa shape index (κ3) is 1.63. The molecule has 0 fully saturated rings. The summed E-state index contributed by atoms with van der Waals surface area (Å²) in [4.78, 5) is 14.8. The minimum atomic E-state index is -0.128. The third-order valence-electron chi connectivity index (χ3n) is 3.02.